The lowest BCUT2D eigenvalue weighted by Gasteiger charge is -2.08. The number of methoxy groups -OCH3 is 3. The van der Waals surface area contributed by atoms with E-state index in [4.69, 9.17) is 19.3 Å². The Labute approximate surface area is 166 Å². The number of rotatable bonds is 9. The molecule has 0 amide bonds. The molecule has 1 aromatic heterocycles. The fraction of sp³-hybridized carbons (Fsp3) is 0.348. The van der Waals surface area contributed by atoms with E-state index in [-0.39, 0.29) is 6.10 Å². The highest BCUT2D eigenvalue weighted by molar-refractivity contribution is 5.35. The highest BCUT2D eigenvalue weighted by atomic mass is 16.5. The van der Waals surface area contributed by atoms with Crippen molar-refractivity contribution in [3.05, 3.63) is 77.1 Å². The van der Waals surface area contributed by atoms with Gasteiger partial charge in [0.1, 0.15) is 11.5 Å². The van der Waals surface area contributed by atoms with Crippen LogP contribution in [-0.4, -0.2) is 37.2 Å². The molecule has 0 N–H and O–H groups in total. The summed E-state index contributed by atoms with van der Waals surface area (Å²) in [6.07, 6.45) is 3.86. The largest absolute Gasteiger partial charge is 0.497 e. The van der Waals surface area contributed by atoms with Gasteiger partial charge in [-0.05, 0) is 47.9 Å². The molecule has 0 saturated carbocycles. The molecule has 0 radical (unpaired) electrons. The van der Waals surface area contributed by atoms with Crippen molar-refractivity contribution in [2.24, 2.45) is 0 Å². The first-order valence-electron chi connectivity index (χ1n) is 9.45. The smallest absolute Gasteiger partial charge is 0.118 e. The van der Waals surface area contributed by atoms with Gasteiger partial charge < -0.3 is 14.2 Å². The lowest BCUT2D eigenvalue weighted by atomic mass is 10.0. The van der Waals surface area contributed by atoms with Gasteiger partial charge in [-0.1, -0.05) is 24.3 Å². The van der Waals surface area contributed by atoms with Crippen LogP contribution in [0, 0.1) is 0 Å². The highest BCUT2D eigenvalue weighted by Gasteiger charge is 2.13. The maximum absolute atomic E-state index is 5.40. The third kappa shape index (κ3) is 5.14. The molecule has 5 heteroatoms. The van der Waals surface area contributed by atoms with Crippen molar-refractivity contribution in [3.63, 3.8) is 0 Å². The molecular weight excluding hydrogens is 352 g/mol. The van der Waals surface area contributed by atoms with E-state index in [1.54, 1.807) is 21.3 Å². The first-order valence-corrected chi connectivity index (χ1v) is 9.45. The van der Waals surface area contributed by atoms with Crippen LogP contribution in [0.5, 0.6) is 11.5 Å². The van der Waals surface area contributed by atoms with Gasteiger partial charge in [0.2, 0.25) is 0 Å². The van der Waals surface area contributed by atoms with Crippen LogP contribution in [-0.2, 0) is 24.1 Å². The van der Waals surface area contributed by atoms with Crippen molar-refractivity contribution in [2.75, 3.05) is 21.3 Å². The van der Waals surface area contributed by atoms with Crippen LogP contribution in [0.3, 0.4) is 0 Å². The molecule has 0 aliphatic heterocycles. The summed E-state index contributed by atoms with van der Waals surface area (Å²) in [6, 6.07) is 16.4. The maximum Gasteiger partial charge on any atom is 0.118 e. The molecule has 148 valence electrons. The van der Waals surface area contributed by atoms with Crippen LogP contribution >= 0.6 is 0 Å². The van der Waals surface area contributed by atoms with Crippen molar-refractivity contribution in [2.45, 2.75) is 32.4 Å². The van der Waals surface area contributed by atoms with Crippen molar-refractivity contribution in [1.82, 2.24) is 9.78 Å². The molecule has 5 nitrogen and oxygen atoms in total. The third-order valence-corrected chi connectivity index (χ3v) is 4.86. The summed E-state index contributed by atoms with van der Waals surface area (Å²) < 4.78 is 17.9. The van der Waals surface area contributed by atoms with E-state index in [1.807, 2.05) is 35.9 Å². The summed E-state index contributed by atoms with van der Waals surface area (Å²) in [7, 11) is 5.09. The molecule has 0 spiro atoms. The molecule has 1 atom stereocenters. The van der Waals surface area contributed by atoms with Crippen molar-refractivity contribution < 1.29 is 14.2 Å². The average Bonchev–Trinajstić information content (AvgIpc) is 3.09. The molecule has 0 aliphatic carbocycles. The predicted molar refractivity (Wildman–Crippen MR) is 110 cm³/mol. The fourth-order valence-electron chi connectivity index (χ4n) is 3.13. The molecule has 0 unspecified atom stereocenters. The maximum atomic E-state index is 5.40. The topological polar surface area (TPSA) is 45.5 Å². The molecule has 2 aromatic carbocycles. The first-order chi connectivity index (χ1) is 13.6. The summed E-state index contributed by atoms with van der Waals surface area (Å²) in [6.45, 7) is 2.78. The van der Waals surface area contributed by atoms with Crippen LogP contribution in [0.25, 0.3) is 0 Å². The molecule has 0 fully saturated rings. The number of hydrogen-bond acceptors (Lipinski definition) is 4. The zero-order valence-electron chi connectivity index (χ0n) is 17.0. The predicted octanol–water partition coefficient (Wildman–Crippen LogP) is 4.12. The van der Waals surface area contributed by atoms with Gasteiger partial charge in [-0.15, -0.1) is 0 Å². The van der Waals surface area contributed by atoms with Crippen LogP contribution in [0.4, 0.5) is 0 Å². The number of nitrogens with zero attached hydrogens (tertiary/aromatic N) is 2. The summed E-state index contributed by atoms with van der Waals surface area (Å²) >= 11 is 0. The van der Waals surface area contributed by atoms with E-state index in [9.17, 15) is 0 Å². The van der Waals surface area contributed by atoms with Crippen molar-refractivity contribution >= 4 is 0 Å². The molecule has 28 heavy (non-hydrogen) atoms. The monoisotopic (exact) mass is 380 g/mol. The number of ether oxygens (including phenoxy) is 3. The Hall–Kier alpha value is -2.79. The van der Waals surface area contributed by atoms with Gasteiger partial charge in [0, 0.05) is 26.1 Å². The average molecular weight is 380 g/mol. The Morgan fingerprint density at radius 2 is 1.36 bits per heavy atom. The summed E-state index contributed by atoms with van der Waals surface area (Å²) in [5, 5.41) is 4.85. The zero-order valence-corrected chi connectivity index (χ0v) is 17.0. The summed E-state index contributed by atoms with van der Waals surface area (Å²) in [5.74, 6) is 1.73. The minimum atomic E-state index is 0.113. The molecule has 0 saturated heterocycles. The molecular formula is C23H28N2O3. The summed E-state index contributed by atoms with van der Waals surface area (Å²) in [5.41, 5.74) is 4.76. The van der Waals surface area contributed by atoms with Gasteiger partial charge in [-0.3, -0.25) is 4.68 Å². The Morgan fingerprint density at radius 1 is 0.821 bits per heavy atom. The van der Waals surface area contributed by atoms with Crippen LogP contribution in [0.1, 0.15) is 29.3 Å². The van der Waals surface area contributed by atoms with Gasteiger partial charge in [-0.25, -0.2) is 0 Å². The van der Waals surface area contributed by atoms with E-state index < -0.39 is 0 Å². The second kappa shape index (κ2) is 9.42. The Balaban J connectivity index is 1.84. The van der Waals surface area contributed by atoms with Gasteiger partial charge in [0.25, 0.3) is 0 Å². The van der Waals surface area contributed by atoms with E-state index in [0.717, 1.165) is 36.6 Å². The van der Waals surface area contributed by atoms with E-state index in [2.05, 4.69) is 30.5 Å². The second-order valence-corrected chi connectivity index (χ2v) is 6.92. The van der Waals surface area contributed by atoms with Crippen molar-refractivity contribution in [1.29, 1.82) is 0 Å². The van der Waals surface area contributed by atoms with Gasteiger partial charge >= 0.3 is 0 Å². The quantitative estimate of drug-likeness (QED) is 0.560. The molecule has 3 rings (SSSR count). The molecule has 3 aromatic rings. The Morgan fingerprint density at radius 3 is 1.86 bits per heavy atom. The SMILES string of the molecule is COc1ccc(Cc2cn(C[C@@H](C)OC)nc2Cc2ccc(OC)cc2)cc1. The van der Waals surface area contributed by atoms with Gasteiger partial charge in [-0.2, -0.15) is 5.10 Å². The fourth-order valence-corrected chi connectivity index (χ4v) is 3.13. The number of benzene rings is 2. The van der Waals surface area contributed by atoms with Gasteiger partial charge in [0.05, 0.1) is 32.6 Å². The van der Waals surface area contributed by atoms with E-state index in [0.29, 0.717) is 0 Å². The van der Waals surface area contributed by atoms with Crippen LogP contribution in [0.2, 0.25) is 0 Å². The van der Waals surface area contributed by atoms with Crippen LogP contribution in [0.15, 0.2) is 54.7 Å². The van der Waals surface area contributed by atoms with Crippen LogP contribution < -0.4 is 9.47 Å². The Kier molecular flexibility index (Phi) is 6.71. The lowest BCUT2D eigenvalue weighted by Crippen LogP contribution is -2.15. The standard InChI is InChI=1S/C23H28N2O3/c1-17(26-2)15-25-16-20(13-18-5-9-21(27-3)10-6-18)23(24-25)14-19-7-11-22(28-4)12-8-19/h5-12,16-17H,13-15H2,1-4H3/t17-/m1/s1. The molecule has 0 aliphatic rings. The van der Waals surface area contributed by atoms with Gasteiger partial charge in [0.15, 0.2) is 0 Å². The first kappa shape index (κ1) is 20.0. The van der Waals surface area contributed by atoms with Crippen molar-refractivity contribution in [3.8, 4) is 11.5 Å². The minimum Gasteiger partial charge on any atom is -0.497 e. The lowest BCUT2D eigenvalue weighted by molar-refractivity contribution is 0.0997. The van der Waals surface area contributed by atoms with E-state index in [1.165, 1.54) is 16.7 Å². The minimum absolute atomic E-state index is 0.113. The third-order valence-electron chi connectivity index (χ3n) is 4.86. The zero-order chi connectivity index (χ0) is 19.9. The Bertz CT molecular complexity index is 803. The number of hydrogen-bond donors (Lipinski definition) is 0. The molecule has 0 bridgehead atoms. The molecule has 1 heterocycles. The highest BCUT2D eigenvalue weighted by Crippen LogP contribution is 2.21. The van der Waals surface area contributed by atoms with E-state index >= 15 is 0 Å². The number of aromatic nitrogens is 2. The summed E-state index contributed by atoms with van der Waals surface area (Å²) in [4.78, 5) is 0. The normalized spacial score (nSPS) is 12.0. The second-order valence-electron chi connectivity index (χ2n) is 6.92.